The fourth-order valence-electron chi connectivity index (χ4n) is 6.60. The molecule has 37 heavy (non-hydrogen) atoms. The number of aromatic nitrogens is 6. The molecule has 4 aromatic rings. The molecule has 3 aliphatic rings. The van der Waals surface area contributed by atoms with Crippen LogP contribution in [0.25, 0.3) is 22.0 Å². The average Bonchev–Trinajstić information content (AvgIpc) is 3.57. The zero-order chi connectivity index (χ0) is 25.5. The first-order valence-corrected chi connectivity index (χ1v) is 13.1. The number of rotatable bonds is 4. The molecular weight excluding hydrogens is 488 g/mol. The molecule has 190 valence electrons. The lowest BCUT2D eigenvalue weighted by Crippen LogP contribution is -2.63. The Bertz CT molecular complexity index is 1560. The Morgan fingerprint density at radius 2 is 2.05 bits per heavy atom. The highest BCUT2D eigenvalue weighted by Gasteiger charge is 2.54. The highest BCUT2D eigenvalue weighted by Crippen LogP contribution is 2.55. The van der Waals surface area contributed by atoms with Gasteiger partial charge >= 0.3 is 0 Å². The van der Waals surface area contributed by atoms with Crippen molar-refractivity contribution in [1.29, 1.82) is 0 Å². The Labute approximate surface area is 219 Å². The van der Waals surface area contributed by atoms with Crippen molar-refractivity contribution in [3.63, 3.8) is 0 Å². The molecule has 7 rings (SSSR count). The first kappa shape index (κ1) is 22.6. The van der Waals surface area contributed by atoms with Gasteiger partial charge in [0.1, 0.15) is 0 Å². The molecule has 10 heteroatoms. The predicted octanol–water partition coefficient (Wildman–Crippen LogP) is 4.26. The van der Waals surface area contributed by atoms with Crippen LogP contribution in [0.3, 0.4) is 0 Å². The van der Waals surface area contributed by atoms with E-state index in [2.05, 4.69) is 55.2 Å². The smallest absolute Gasteiger partial charge is 0.245 e. The molecule has 1 saturated heterocycles. The number of hydrogen-bond acceptors (Lipinski definition) is 5. The van der Waals surface area contributed by atoms with Crippen LogP contribution in [0, 0.1) is 19.3 Å². The normalized spacial score (nSPS) is 18.7. The van der Waals surface area contributed by atoms with E-state index in [0.717, 1.165) is 89.7 Å². The number of carbonyl (C=O) groups is 1. The van der Waals surface area contributed by atoms with Gasteiger partial charge < -0.3 is 9.80 Å². The van der Waals surface area contributed by atoms with Crippen LogP contribution in [0.5, 0.6) is 0 Å². The van der Waals surface area contributed by atoms with Crippen molar-refractivity contribution in [2.24, 2.45) is 5.41 Å². The first-order chi connectivity index (χ1) is 17.9. The number of anilines is 1. The van der Waals surface area contributed by atoms with Gasteiger partial charge in [-0.15, -0.1) is 0 Å². The van der Waals surface area contributed by atoms with Gasteiger partial charge in [0.25, 0.3) is 0 Å². The second kappa shape index (κ2) is 7.95. The summed E-state index contributed by atoms with van der Waals surface area (Å²) in [7, 11) is 0. The number of aryl methyl sites for hydroxylation is 1. The maximum absolute atomic E-state index is 12.0. The molecule has 0 unspecified atom stereocenters. The molecule has 1 saturated carbocycles. The zero-order valence-electron chi connectivity index (χ0n) is 21.0. The number of benzene rings is 1. The first-order valence-electron chi connectivity index (χ1n) is 12.8. The Morgan fingerprint density at radius 1 is 1.24 bits per heavy atom. The van der Waals surface area contributed by atoms with Crippen molar-refractivity contribution in [2.75, 3.05) is 24.5 Å². The molecule has 2 fully saturated rings. The van der Waals surface area contributed by atoms with Crippen LogP contribution in [0.4, 0.5) is 5.82 Å². The van der Waals surface area contributed by atoms with E-state index in [9.17, 15) is 4.79 Å². The minimum Gasteiger partial charge on any atom is -0.347 e. The lowest BCUT2D eigenvalue weighted by Gasteiger charge is -2.58. The van der Waals surface area contributed by atoms with E-state index < -0.39 is 0 Å². The van der Waals surface area contributed by atoms with Crippen molar-refractivity contribution in [3.05, 3.63) is 59.2 Å². The van der Waals surface area contributed by atoms with Gasteiger partial charge in [-0.05, 0) is 50.5 Å². The molecule has 0 atom stereocenters. The third-order valence-corrected chi connectivity index (χ3v) is 8.99. The Balaban J connectivity index is 1.30. The van der Waals surface area contributed by atoms with Crippen LogP contribution in [0.15, 0.2) is 37.2 Å². The number of nitrogens with zero attached hydrogens (tertiary/aromatic N) is 7. The molecule has 5 heterocycles. The number of likely N-dealkylation sites (tertiary alicyclic amines) is 1. The van der Waals surface area contributed by atoms with Gasteiger partial charge in [0, 0.05) is 53.5 Å². The van der Waals surface area contributed by atoms with Crippen molar-refractivity contribution in [1.82, 2.24) is 34.7 Å². The molecular formula is C27H29ClN8O. The summed E-state index contributed by atoms with van der Waals surface area (Å²) in [6.45, 7) is 11.8. The van der Waals surface area contributed by atoms with Gasteiger partial charge in [-0.25, -0.2) is 0 Å². The van der Waals surface area contributed by atoms with Gasteiger partial charge in [0.15, 0.2) is 5.82 Å². The number of aromatic amines is 1. The number of hydrogen-bond donors (Lipinski definition) is 1. The summed E-state index contributed by atoms with van der Waals surface area (Å²) < 4.78 is 4.28. The fraction of sp³-hybridized carbons (Fsp3) is 0.407. The maximum atomic E-state index is 12.0. The van der Waals surface area contributed by atoms with Crippen LogP contribution in [0.1, 0.15) is 35.8 Å². The number of fused-ring (bicyclic) bond motifs is 2. The second-order valence-corrected chi connectivity index (χ2v) is 11.2. The largest absolute Gasteiger partial charge is 0.347 e. The van der Waals surface area contributed by atoms with Gasteiger partial charge in [-0.1, -0.05) is 18.2 Å². The van der Waals surface area contributed by atoms with Crippen LogP contribution < -0.4 is 4.90 Å². The van der Waals surface area contributed by atoms with E-state index in [1.807, 2.05) is 24.2 Å². The van der Waals surface area contributed by atoms with Crippen LogP contribution >= 0.6 is 11.6 Å². The van der Waals surface area contributed by atoms with E-state index in [-0.39, 0.29) is 11.3 Å². The van der Waals surface area contributed by atoms with Gasteiger partial charge in [-0.3, -0.25) is 19.3 Å². The molecule has 1 amide bonds. The lowest BCUT2D eigenvalue weighted by atomic mass is 9.60. The minimum absolute atomic E-state index is 0.0245. The monoisotopic (exact) mass is 516 g/mol. The summed E-state index contributed by atoms with van der Waals surface area (Å²) in [5.41, 5.74) is 6.54. The minimum atomic E-state index is 0.0245. The third-order valence-electron chi connectivity index (χ3n) is 8.51. The van der Waals surface area contributed by atoms with Gasteiger partial charge in [-0.2, -0.15) is 15.3 Å². The van der Waals surface area contributed by atoms with Crippen molar-refractivity contribution >= 4 is 34.2 Å². The predicted molar refractivity (Wildman–Crippen MR) is 143 cm³/mol. The van der Waals surface area contributed by atoms with Gasteiger partial charge in [0.05, 0.1) is 41.6 Å². The summed E-state index contributed by atoms with van der Waals surface area (Å²) >= 11 is 7.03. The van der Waals surface area contributed by atoms with E-state index >= 15 is 0 Å². The number of carbonyl (C=O) groups excluding carboxylic acids is 1. The van der Waals surface area contributed by atoms with Crippen LogP contribution in [-0.4, -0.2) is 60.2 Å². The molecule has 0 radical (unpaired) electrons. The Morgan fingerprint density at radius 3 is 2.84 bits per heavy atom. The molecule has 1 aliphatic carbocycles. The SMILES string of the molecule is C=CC(=O)N1CC2(CC(n3nc(N4CCn5nccc5C4)c(-c4c(Cl)c(C)cc5[nH]ncc45)c3C)C2)C1. The molecule has 0 bridgehead atoms. The topological polar surface area (TPSA) is 87.9 Å². The van der Waals surface area contributed by atoms with E-state index in [4.69, 9.17) is 16.7 Å². The number of amides is 1. The highest BCUT2D eigenvalue weighted by molar-refractivity contribution is 6.36. The quantitative estimate of drug-likeness (QED) is 0.409. The van der Waals surface area contributed by atoms with Crippen LogP contribution in [0.2, 0.25) is 5.02 Å². The molecule has 1 N–H and O–H groups in total. The Kier molecular flexibility index (Phi) is 4.86. The van der Waals surface area contributed by atoms with Crippen LogP contribution in [-0.2, 0) is 17.9 Å². The fourth-order valence-corrected chi connectivity index (χ4v) is 6.85. The zero-order valence-corrected chi connectivity index (χ0v) is 21.8. The average molecular weight is 517 g/mol. The molecule has 9 nitrogen and oxygen atoms in total. The van der Waals surface area contributed by atoms with E-state index in [0.29, 0.717) is 6.04 Å². The lowest BCUT2D eigenvalue weighted by molar-refractivity contribution is -0.149. The van der Waals surface area contributed by atoms with Gasteiger partial charge in [0.2, 0.25) is 5.91 Å². The highest BCUT2D eigenvalue weighted by atomic mass is 35.5. The maximum Gasteiger partial charge on any atom is 0.245 e. The molecule has 2 aliphatic heterocycles. The second-order valence-electron chi connectivity index (χ2n) is 10.9. The third kappa shape index (κ3) is 3.29. The summed E-state index contributed by atoms with van der Waals surface area (Å²) in [4.78, 5) is 16.2. The summed E-state index contributed by atoms with van der Waals surface area (Å²) in [5.74, 6) is 0.981. The molecule has 1 spiro atoms. The van der Waals surface area contributed by atoms with Crippen molar-refractivity contribution in [3.8, 4) is 11.1 Å². The summed E-state index contributed by atoms with van der Waals surface area (Å²) in [5, 5.41) is 18.9. The number of H-pyrrole nitrogens is 1. The number of halogens is 1. The standard InChI is InChI=1S/C27H29ClN8O/c1-4-22(37)34-14-27(15-34)10-19(11-27)36-17(3)23(24-20-12-29-31-21(20)9-16(2)25(24)28)26(32-36)33-7-8-35-18(13-33)5-6-30-35/h4-6,9,12,19H,1,7-8,10-11,13-15H2,2-3H3,(H,29,31). The summed E-state index contributed by atoms with van der Waals surface area (Å²) in [6.07, 6.45) is 7.17. The molecule has 1 aromatic carbocycles. The van der Waals surface area contributed by atoms with Crippen molar-refractivity contribution < 1.29 is 4.79 Å². The summed E-state index contributed by atoms with van der Waals surface area (Å²) in [6, 6.07) is 4.43. The van der Waals surface area contributed by atoms with E-state index in [1.54, 1.807) is 0 Å². The number of nitrogens with one attached hydrogen (secondary N) is 1. The Hall–Kier alpha value is -3.59. The van der Waals surface area contributed by atoms with Crippen molar-refractivity contribution in [2.45, 2.75) is 45.8 Å². The van der Waals surface area contributed by atoms with E-state index in [1.165, 1.54) is 11.8 Å². The molecule has 3 aromatic heterocycles.